The number of hydrogen-bond donors (Lipinski definition) is 2. The minimum atomic E-state index is -3.81. The van der Waals surface area contributed by atoms with Crippen LogP contribution in [-0.4, -0.2) is 39.2 Å². The molecule has 0 unspecified atom stereocenters. The highest BCUT2D eigenvalue weighted by Crippen LogP contribution is 2.22. The summed E-state index contributed by atoms with van der Waals surface area (Å²) in [6, 6.07) is 18.8. The number of nitrogens with zero attached hydrogens (tertiary/aromatic N) is 4. The Labute approximate surface area is 240 Å². The number of sulfonamides is 1. The maximum Gasteiger partial charge on any atom is 0.354 e. The Morgan fingerprint density at radius 3 is 2.37 bits per heavy atom. The molecule has 2 heterocycles. The molecule has 12 nitrogen and oxygen atoms in total. The fraction of sp³-hybridized carbons (Fsp3) is 0.222. The van der Waals surface area contributed by atoms with Gasteiger partial charge in [-0.15, -0.1) is 0 Å². The largest absolute Gasteiger partial charge is 0.439 e. The van der Waals surface area contributed by atoms with E-state index in [1.807, 2.05) is 4.72 Å². The van der Waals surface area contributed by atoms with E-state index < -0.39 is 33.2 Å². The lowest BCUT2D eigenvalue weighted by atomic mass is 10.2. The molecule has 0 spiro atoms. The van der Waals surface area contributed by atoms with Gasteiger partial charge in [0.25, 0.3) is 0 Å². The Bertz CT molecular complexity index is 1740. The number of benzene rings is 2. The molecule has 0 radical (unpaired) electrons. The van der Waals surface area contributed by atoms with Gasteiger partial charge in [0, 0.05) is 29.5 Å². The Balaban J connectivity index is 1.64. The SMILES string of the molecule is CCS(=O)(=O)NC(=O)[C@@H](C)Cn1c(=O)nc(Nc2ccc(Oc3ccccn3)cc2)n(Cc2ccc(Cl)cc2)c1=O. The lowest BCUT2D eigenvalue weighted by Crippen LogP contribution is -2.46. The molecule has 4 aromatic rings. The topological polar surface area (TPSA) is 154 Å². The van der Waals surface area contributed by atoms with E-state index in [-0.39, 0.29) is 24.8 Å². The van der Waals surface area contributed by atoms with Gasteiger partial charge in [0.1, 0.15) is 5.75 Å². The standard InChI is InChI=1S/C27H27ClN6O6S/c1-3-41(38,39)32-24(35)18(2)16-34-26(36)31-25(33(27(34)37)17-19-7-9-20(28)10-8-19)30-21-11-13-22(14-12-21)40-23-6-4-5-15-29-23/h4-15,18H,3,16-17H2,1-2H3,(H,32,35)(H,30,31,36)/t18-/m0/s1. The molecule has 0 fully saturated rings. The second-order valence-corrected chi connectivity index (χ2v) is 11.5. The molecule has 0 aliphatic heterocycles. The van der Waals surface area contributed by atoms with Gasteiger partial charge in [0.05, 0.1) is 18.2 Å². The van der Waals surface area contributed by atoms with E-state index in [1.54, 1.807) is 72.9 Å². The number of halogens is 1. The summed E-state index contributed by atoms with van der Waals surface area (Å²) in [7, 11) is -3.81. The van der Waals surface area contributed by atoms with Crippen LogP contribution in [0.4, 0.5) is 11.6 Å². The number of carbonyl (C=O) groups excluding carboxylic acids is 1. The van der Waals surface area contributed by atoms with Crippen molar-refractivity contribution in [3.63, 3.8) is 0 Å². The summed E-state index contributed by atoms with van der Waals surface area (Å²) < 4.78 is 33.3. The average Bonchev–Trinajstić information content (AvgIpc) is 2.95. The molecule has 0 aliphatic carbocycles. The Hall–Kier alpha value is -4.49. The molecular formula is C27H27ClN6O6S. The van der Waals surface area contributed by atoms with Gasteiger partial charge < -0.3 is 10.1 Å². The third-order valence-electron chi connectivity index (χ3n) is 5.91. The number of aromatic nitrogens is 4. The highest BCUT2D eigenvalue weighted by molar-refractivity contribution is 7.90. The molecule has 0 bridgehead atoms. The summed E-state index contributed by atoms with van der Waals surface area (Å²) in [5, 5.41) is 3.51. The van der Waals surface area contributed by atoms with Crippen molar-refractivity contribution in [2.45, 2.75) is 26.9 Å². The van der Waals surface area contributed by atoms with Crippen LogP contribution in [-0.2, 0) is 27.9 Å². The van der Waals surface area contributed by atoms with E-state index in [0.29, 0.717) is 27.9 Å². The second kappa shape index (κ2) is 12.8. The average molecular weight is 599 g/mol. The number of hydrogen-bond acceptors (Lipinski definition) is 9. The van der Waals surface area contributed by atoms with Crippen LogP contribution >= 0.6 is 11.6 Å². The molecule has 2 N–H and O–H groups in total. The van der Waals surface area contributed by atoms with E-state index in [1.165, 1.54) is 18.4 Å². The molecule has 4 rings (SSSR count). The molecule has 41 heavy (non-hydrogen) atoms. The number of rotatable bonds is 11. The highest BCUT2D eigenvalue weighted by Gasteiger charge is 2.22. The summed E-state index contributed by atoms with van der Waals surface area (Å²) >= 11 is 6.00. The van der Waals surface area contributed by atoms with Gasteiger partial charge in [0.15, 0.2) is 0 Å². The summed E-state index contributed by atoms with van der Waals surface area (Å²) in [6.07, 6.45) is 1.61. The van der Waals surface area contributed by atoms with Gasteiger partial charge in [-0.1, -0.05) is 36.7 Å². The molecule has 2 aromatic carbocycles. The first-order valence-corrected chi connectivity index (χ1v) is 14.5. The Morgan fingerprint density at radius 2 is 1.73 bits per heavy atom. The number of carbonyl (C=O) groups is 1. The van der Waals surface area contributed by atoms with Gasteiger partial charge in [-0.25, -0.2) is 27.6 Å². The smallest absolute Gasteiger partial charge is 0.354 e. The van der Waals surface area contributed by atoms with E-state index in [2.05, 4.69) is 15.3 Å². The molecule has 214 valence electrons. The zero-order chi connectivity index (χ0) is 29.6. The second-order valence-electron chi connectivity index (χ2n) is 9.01. The summed E-state index contributed by atoms with van der Waals surface area (Å²) in [5.74, 6) is -1.23. The maximum atomic E-state index is 13.6. The first-order valence-electron chi connectivity index (χ1n) is 12.5. The molecule has 0 saturated heterocycles. The number of ether oxygens (including phenoxy) is 1. The van der Waals surface area contributed by atoms with E-state index >= 15 is 0 Å². The van der Waals surface area contributed by atoms with E-state index in [0.717, 1.165) is 4.57 Å². The van der Waals surface area contributed by atoms with E-state index in [4.69, 9.17) is 16.3 Å². The van der Waals surface area contributed by atoms with Crippen molar-refractivity contribution >= 4 is 39.2 Å². The molecule has 0 saturated carbocycles. The molecular weight excluding hydrogens is 572 g/mol. The van der Waals surface area contributed by atoms with Crippen LogP contribution in [0, 0.1) is 5.92 Å². The first kappa shape index (κ1) is 29.5. The summed E-state index contributed by atoms with van der Waals surface area (Å²) in [5.41, 5.74) is -0.427. The fourth-order valence-electron chi connectivity index (χ4n) is 3.64. The number of amides is 1. The van der Waals surface area contributed by atoms with Gasteiger partial charge in [0.2, 0.25) is 27.8 Å². The summed E-state index contributed by atoms with van der Waals surface area (Å²) in [4.78, 5) is 47.2. The molecule has 0 aliphatic rings. The van der Waals surface area contributed by atoms with Gasteiger partial charge >= 0.3 is 11.4 Å². The molecule has 2 aromatic heterocycles. The zero-order valence-corrected chi connectivity index (χ0v) is 23.7. The van der Waals surface area contributed by atoms with E-state index in [9.17, 15) is 22.8 Å². The summed E-state index contributed by atoms with van der Waals surface area (Å²) in [6.45, 7) is 2.45. The van der Waals surface area contributed by atoms with Crippen LogP contribution in [0.3, 0.4) is 0 Å². The van der Waals surface area contributed by atoms with Crippen molar-refractivity contribution in [3.05, 3.63) is 104 Å². The minimum Gasteiger partial charge on any atom is -0.439 e. The van der Waals surface area contributed by atoms with Crippen molar-refractivity contribution in [1.82, 2.24) is 23.8 Å². The quantitative estimate of drug-likeness (QED) is 0.265. The van der Waals surface area contributed by atoms with Crippen molar-refractivity contribution in [2.75, 3.05) is 11.1 Å². The lowest BCUT2D eigenvalue weighted by Gasteiger charge is -2.17. The number of anilines is 2. The normalized spacial score (nSPS) is 12.0. The predicted octanol–water partition coefficient (Wildman–Crippen LogP) is 3.14. The highest BCUT2D eigenvalue weighted by atomic mass is 35.5. The minimum absolute atomic E-state index is 0.0251. The number of pyridine rings is 1. The van der Waals surface area contributed by atoms with Crippen LogP contribution in [0.15, 0.2) is 82.5 Å². The molecule has 1 atom stereocenters. The Kier molecular flexibility index (Phi) is 9.20. The molecule has 1 amide bonds. The fourth-order valence-corrected chi connectivity index (χ4v) is 4.42. The van der Waals surface area contributed by atoms with Crippen LogP contribution < -0.4 is 26.2 Å². The zero-order valence-electron chi connectivity index (χ0n) is 22.2. The van der Waals surface area contributed by atoms with Crippen molar-refractivity contribution < 1.29 is 17.9 Å². The van der Waals surface area contributed by atoms with Crippen molar-refractivity contribution in [3.8, 4) is 11.6 Å². The third-order valence-corrected chi connectivity index (χ3v) is 7.44. The predicted molar refractivity (Wildman–Crippen MR) is 154 cm³/mol. The third kappa shape index (κ3) is 7.80. The van der Waals surface area contributed by atoms with Crippen LogP contribution in [0.2, 0.25) is 5.02 Å². The van der Waals surface area contributed by atoms with Crippen molar-refractivity contribution in [2.24, 2.45) is 5.92 Å². The Morgan fingerprint density at radius 1 is 1.02 bits per heavy atom. The van der Waals surface area contributed by atoms with Gasteiger partial charge in [-0.05, 0) is 55.0 Å². The maximum absolute atomic E-state index is 13.6. The first-order chi connectivity index (χ1) is 19.5. The van der Waals surface area contributed by atoms with Crippen LogP contribution in [0.25, 0.3) is 0 Å². The molecule has 14 heteroatoms. The van der Waals surface area contributed by atoms with Crippen LogP contribution in [0.5, 0.6) is 11.6 Å². The van der Waals surface area contributed by atoms with Gasteiger partial charge in [-0.2, -0.15) is 4.98 Å². The lowest BCUT2D eigenvalue weighted by molar-refractivity contribution is -0.123. The number of nitrogens with one attached hydrogen (secondary N) is 2. The van der Waals surface area contributed by atoms with Crippen LogP contribution in [0.1, 0.15) is 19.4 Å². The monoisotopic (exact) mass is 598 g/mol. The van der Waals surface area contributed by atoms with Gasteiger partial charge in [-0.3, -0.25) is 14.1 Å². The van der Waals surface area contributed by atoms with Crippen molar-refractivity contribution in [1.29, 1.82) is 0 Å².